The van der Waals surface area contributed by atoms with Crippen molar-refractivity contribution in [2.45, 2.75) is 85.7 Å². The van der Waals surface area contributed by atoms with E-state index in [1.54, 1.807) is 6.07 Å². The molecule has 5 aromatic carbocycles. The smallest absolute Gasteiger partial charge is 0.418 e. The first-order valence-corrected chi connectivity index (χ1v) is 19.9. The predicted octanol–water partition coefficient (Wildman–Crippen LogP) is 14.9. The zero-order chi connectivity index (χ0) is 41.3. The van der Waals surface area contributed by atoms with Crippen molar-refractivity contribution in [1.29, 1.82) is 0 Å². The van der Waals surface area contributed by atoms with E-state index in [2.05, 4.69) is 37.9 Å². The van der Waals surface area contributed by atoms with Gasteiger partial charge in [0.15, 0.2) is 5.78 Å². The van der Waals surface area contributed by atoms with E-state index in [-0.39, 0.29) is 54.5 Å². The Kier molecular flexibility index (Phi) is 16.0. The molecule has 0 fully saturated rings. The Morgan fingerprint density at radius 3 is 1.67 bits per heavy atom. The van der Waals surface area contributed by atoms with E-state index in [4.69, 9.17) is 0 Å². The molecule has 0 spiro atoms. The van der Waals surface area contributed by atoms with Gasteiger partial charge in [-0.05, 0) is 82.7 Å². The van der Waals surface area contributed by atoms with Crippen molar-refractivity contribution in [2.75, 3.05) is 0 Å². The Bertz CT molecular complexity index is 2250. The first-order chi connectivity index (χ1) is 27.2. The molecule has 0 saturated carbocycles. The van der Waals surface area contributed by atoms with Gasteiger partial charge in [0, 0.05) is 49.9 Å². The Morgan fingerprint density at radius 2 is 1.17 bits per heavy atom. The fourth-order valence-electron chi connectivity index (χ4n) is 7.21. The summed E-state index contributed by atoms with van der Waals surface area (Å²) in [5, 5.41) is 11.7. The number of nitrogens with zero attached hydrogens (tertiary/aromatic N) is 1. The number of hydrogen-bond acceptors (Lipinski definition) is 3. The fourth-order valence-corrected chi connectivity index (χ4v) is 7.21. The van der Waals surface area contributed by atoms with Crippen molar-refractivity contribution in [2.24, 2.45) is 11.8 Å². The number of halogens is 3. The number of fused-ring (bicyclic) bond motifs is 1. The molecule has 0 aliphatic rings. The molecule has 0 amide bonds. The molecule has 58 heavy (non-hydrogen) atoms. The number of rotatable bonds is 11. The summed E-state index contributed by atoms with van der Waals surface area (Å²) in [7, 11) is 0. The summed E-state index contributed by atoms with van der Waals surface area (Å²) in [6, 6.07) is 40.1. The van der Waals surface area contributed by atoms with Crippen LogP contribution in [0.4, 0.5) is 13.2 Å². The first-order valence-electron chi connectivity index (χ1n) is 19.9. The van der Waals surface area contributed by atoms with Crippen LogP contribution in [-0.4, -0.2) is 15.9 Å². The molecule has 1 heterocycles. The molecule has 1 radical (unpaired) electrons. The molecule has 1 aromatic heterocycles. The van der Waals surface area contributed by atoms with Crippen molar-refractivity contribution in [3.63, 3.8) is 0 Å². The van der Waals surface area contributed by atoms with E-state index in [1.807, 2.05) is 131 Å². The number of aromatic nitrogens is 1. The zero-order valence-corrected chi connectivity index (χ0v) is 36.8. The minimum atomic E-state index is -4.58. The minimum absolute atomic E-state index is 0. The van der Waals surface area contributed by atoms with Gasteiger partial charge in [0.05, 0.1) is 11.3 Å². The number of benzene rings is 5. The van der Waals surface area contributed by atoms with Gasteiger partial charge >= 0.3 is 6.18 Å². The first kappa shape index (κ1) is 45.9. The summed E-state index contributed by atoms with van der Waals surface area (Å²) < 4.78 is 43.5. The van der Waals surface area contributed by atoms with Crippen LogP contribution in [0.1, 0.15) is 85.3 Å². The van der Waals surface area contributed by atoms with E-state index in [9.17, 15) is 23.1 Å². The average Bonchev–Trinajstić information content (AvgIpc) is 3.21. The third-order valence-corrected chi connectivity index (χ3v) is 10.6. The SMILES string of the molecule is CC(C)(C)c1cc(-c2cc(-c3cc(-c4ccccc4)cc(-c4ccccc4)c3)c(C(F)(F)F)cn2)[c-]c2ccccc12.CCC(CC)C(=O)/C=C(\O)C(CC)CC.[Ir]. The maximum atomic E-state index is 14.5. The molecule has 0 bridgehead atoms. The summed E-state index contributed by atoms with van der Waals surface area (Å²) in [5.74, 6) is 0.547. The average molecular weight is 961 g/mol. The Hall–Kier alpha value is -4.84. The number of allylic oxidation sites excluding steroid dienone is 2. The van der Waals surface area contributed by atoms with Crippen LogP contribution >= 0.6 is 0 Å². The van der Waals surface area contributed by atoms with E-state index in [0.29, 0.717) is 16.8 Å². The molecule has 6 rings (SSSR count). The van der Waals surface area contributed by atoms with Crippen LogP contribution in [0.25, 0.3) is 55.4 Å². The van der Waals surface area contributed by atoms with Gasteiger partial charge in [-0.1, -0.05) is 144 Å². The predicted molar refractivity (Wildman–Crippen MR) is 230 cm³/mol. The standard InChI is InChI=1S/C38H29F3N.C13H24O2.Ir/c1-37(2,3)34-22-31(18-27-16-10-11-17-32(27)34)36-23-33(35(24-42-36)38(39,40)41)30-20-28(25-12-6-4-7-13-25)19-29(21-30)26-14-8-5-9-15-26;1-5-10(6-2)12(14)9-13(15)11(7-3)8-4;/h4-17,19-24H,1-3H3;9-11,14H,5-8H2,1-4H3;/q-1;;/b;12-9-;. The normalized spacial score (nSPS) is 12.0. The van der Waals surface area contributed by atoms with Crippen molar-refractivity contribution < 1.29 is 43.2 Å². The molecular weight excluding hydrogens is 908 g/mol. The van der Waals surface area contributed by atoms with Crippen LogP contribution in [0.3, 0.4) is 0 Å². The van der Waals surface area contributed by atoms with Gasteiger partial charge in [0.25, 0.3) is 0 Å². The Balaban J connectivity index is 0.000000398. The Morgan fingerprint density at radius 1 is 0.672 bits per heavy atom. The van der Waals surface area contributed by atoms with Crippen LogP contribution < -0.4 is 0 Å². The summed E-state index contributed by atoms with van der Waals surface area (Å²) in [5.41, 5.74) is 5.33. The number of aliphatic hydroxyl groups excluding tert-OH is 1. The molecule has 305 valence electrons. The number of ketones is 1. The largest absolute Gasteiger partial charge is 0.512 e. The van der Waals surface area contributed by atoms with Crippen molar-refractivity contribution in [1.82, 2.24) is 4.98 Å². The molecule has 6 aromatic rings. The van der Waals surface area contributed by atoms with Gasteiger partial charge in [0.1, 0.15) is 0 Å². The second-order valence-electron chi connectivity index (χ2n) is 15.5. The summed E-state index contributed by atoms with van der Waals surface area (Å²) in [6.07, 6.45) is 1.28. The molecular formula is C51H53F3IrNO2-. The van der Waals surface area contributed by atoms with Gasteiger partial charge in [-0.25, -0.2) is 0 Å². The number of hydrogen-bond donors (Lipinski definition) is 1. The van der Waals surface area contributed by atoms with Crippen LogP contribution in [-0.2, 0) is 36.5 Å². The van der Waals surface area contributed by atoms with Gasteiger partial charge in [-0.3, -0.25) is 9.78 Å². The maximum absolute atomic E-state index is 14.5. The zero-order valence-electron chi connectivity index (χ0n) is 34.4. The number of pyridine rings is 1. The summed E-state index contributed by atoms with van der Waals surface area (Å²) >= 11 is 0. The molecule has 7 heteroatoms. The summed E-state index contributed by atoms with van der Waals surface area (Å²) in [4.78, 5) is 16.1. The number of carbonyl (C=O) groups is 1. The number of carbonyl (C=O) groups excluding carboxylic acids is 1. The van der Waals surface area contributed by atoms with E-state index < -0.39 is 11.7 Å². The van der Waals surface area contributed by atoms with E-state index in [0.717, 1.165) is 70.5 Å². The Labute approximate surface area is 355 Å². The van der Waals surface area contributed by atoms with Gasteiger partial charge in [-0.2, -0.15) is 13.2 Å². The molecule has 1 N–H and O–H groups in total. The second kappa shape index (κ2) is 20.2. The quantitative estimate of drug-likeness (QED) is 0.0800. The van der Waals surface area contributed by atoms with Crippen molar-refractivity contribution in [3.05, 3.63) is 150 Å². The summed E-state index contributed by atoms with van der Waals surface area (Å²) in [6.45, 7) is 14.5. The van der Waals surface area contributed by atoms with Crippen molar-refractivity contribution >= 4 is 16.6 Å². The van der Waals surface area contributed by atoms with Gasteiger partial charge in [-0.15, -0.1) is 29.1 Å². The third kappa shape index (κ3) is 11.2. The number of alkyl halides is 3. The topological polar surface area (TPSA) is 50.2 Å². The molecule has 0 saturated heterocycles. The van der Waals surface area contributed by atoms with E-state index in [1.165, 1.54) is 6.08 Å². The van der Waals surface area contributed by atoms with Crippen LogP contribution in [0.15, 0.2) is 133 Å². The van der Waals surface area contributed by atoms with Gasteiger partial charge < -0.3 is 5.11 Å². The van der Waals surface area contributed by atoms with E-state index >= 15 is 0 Å². The monoisotopic (exact) mass is 961 g/mol. The molecule has 0 aliphatic heterocycles. The number of aliphatic hydroxyl groups is 1. The minimum Gasteiger partial charge on any atom is -0.512 e. The van der Waals surface area contributed by atoms with Crippen LogP contribution in [0, 0.1) is 17.9 Å². The maximum Gasteiger partial charge on any atom is 0.418 e. The third-order valence-electron chi connectivity index (χ3n) is 10.6. The molecule has 0 atom stereocenters. The van der Waals surface area contributed by atoms with Crippen molar-refractivity contribution in [3.8, 4) is 44.6 Å². The molecule has 3 nitrogen and oxygen atoms in total. The van der Waals surface area contributed by atoms with Crippen LogP contribution in [0.5, 0.6) is 0 Å². The van der Waals surface area contributed by atoms with Crippen LogP contribution in [0.2, 0.25) is 0 Å². The molecule has 0 aliphatic carbocycles. The fraction of sp³-hybridized carbons (Fsp3) is 0.294. The molecule has 0 unspecified atom stereocenters. The second-order valence-corrected chi connectivity index (χ2v) is 15.5. The van der Waals surface area contributed by atoms with Gasteiger partial charge in [0.2, 0.25) is 0 Å².